The Bertz CT molecular complexity index is 429. The van der Waals surface area contributed by atoms with E-state index in [0.717, 1.165) is 18.4 Å². The quantitative estimate of drug-likeness (QED) is 0.671. The summed E-state index contributed by atoms with van der Waals surface area (Å²) in [5.74, 6) is -0.0772. The lowest BCUT2D eigenvalue weighted by molar-refractivity contribution is 0.254. The number of halogens is 1. The van der Waals surface area contributed by atoms with Crippen LogP contribution in [0.2, 0.25) is 0 Å². The van der Waals surface area contributed by atoms with Crippen molar-refractivity contribution in [3.8, 4) is 0 Å². The number of hydrogen-bond acceptors (Lipinski definition) is 2. The smallest absolute Gasteiger partial charge is 0.318 e. The molecule has 0 saturated heterocycles. The third-order valence-electron chi connectivity index (χ3n) is 2.66. The zero-order valence-electron chi connectivity index (χ0n) is 9.01. The summed E-state index contributed by atoms with van der Waals surface area (Å²) in [5, 5.41) is 5.10. The second kappa shape index (κ2) is 4.00. The lowest BCUT2D eigenvalue weighted by Crippen LogP contribution is -2.25. The lowest BCUT2D eigenvalue weighted by atomic mass is 10.1. The molecule has 4 N–H and O–H groups in total. The fraction of sp³-hybridized carbons (Fsp3) is 0.364. The van der Waals surface area contributed by atoms with Gasteiger partial charge in [0.25, 0.3) is 0 Å². The van der Waals surface area contributed by atoms with Gasteiger partial charge >= 0.3 is 6.03 Å². The Morgan fingerprint density at radius 2 is 2.19 bits per heavy atom. The van der Waals surface area contributed by atoms with Gasteiger partial charge in [-0.05, 0) is 36.5 Å². The second-order valence-electron chi connectivity index (χ2n) is 3.94. The molecule has 1 aliphatic carbocycles. The molecule has 1 saturated carbocycles. The van der Waals surface area contributed by atoms with E-state index in [9.17, 15) is 9.18 Å². The molecule has 0 atom stereocenters. The lowest BCUT2D eigenvalue weighted by Gasteiger charge is -2.11. The van der Waals surface area contributed by atoms with Crippen LogP contribution in [0.1, 0.15) is 24.3 Å². The highest BCUT2D eigenvalue weighted by Gasteiger charge is 2.27. The number of urea groups is 1. The van der Waals surface area contributed by atoms with Crippen LogP contribution in [0.5, 0.6) is 0 Å². The third kappa shape index (κ3) is 2.08. The van der Waals surface area contributed by atoms with E-state index in [1.165, 1.54) is 19.2 Å². The van der Waals surface area contributed by atoms with Gasteiger partial charge in [-0.3, -0.25) is 0 Å². The molecule has 5 heteroatoms. The number of hydrogen-bond donors (Lipinski definition) is 3. The van der Waals surface area contributed by atoms with Crippen molar-refractivity contribution in [1.29, 1.82) is 0 Å². The van der Waals surface area contributed by atoms with Gasteiger partial charge in [0.15, 0.2) is 0 Å². The molecule has 1 aliphatic rings. The van der Waals surface area contributed by atoms with Crippen LogP contribution in [0, 0.1) is 5.82 Å². The number of benzene rings is 1. The summed E-state index contributed by atoms with van der Waals surface area (Å²) in [6, 6.07) is 2.56. The van der Waals surface area contributed by atoms with Gasteiger partial charge < -0.3 is 16.4 Å². The molecule has 0 unspecified atom stereocenters. The van der Waals surface area contributed by atoms with Gasteiger partial charge in [0.2, 0.25) is 0 Å². The minimum absolute atomic E-state index is 0.0517. The Labute approximate surface area is 93.0 Å². The van der Waals surface area contributed by atoms with Crippen molar-refractivity contribution in [1.82, 2.24) is 5.32 Å². The molecule has 0 aliphatic heterocycles. The molecule has 0 heterocycles. The van der Waals surface area contributed by atoms with Crippen molar-refractivity contribution < 1.29 is 9.18 Å². The zero-order valence-corrected chi connectivity index (χ0v) is 9.01. The summed E-state index contributed by atoms with van der Waals surface area (Å²) in [7, 11) is 1.53. The molecule has 4 nitrogen and oxygen atoms in total. The first-order chi connectivity index (χ1) is 7.61. The van der Waals surface area contributed by atoms with Crippen LogP contribution in [0.25, 0.3) is 0 Å². The van der Waals surface area contributed by atoms with Gasteiger partial charge in [0.1, 0.15) is 5.82 Å². The van der Waals surface area contributed by atoms with Crippen molar-refractivity contribution in [2.75, 3.05) is 18.1 Å². The molecule has 1 aromatic rings. The van der Waals surface area contributed by atoms with Crippen LogP contribution in [0.3, 0.4) is 0 Å². The maximum atomic E-state index is 13.3. The summed E-state index contributed by atoms with van der Waals surface area (Å²) in [6.45, 7) is 0. The monoisotopic (exact) mass is 223 g/mol. The minimum atomic E-state index is -0.427. The van der Waals surface area contributed by atoms with Gasteiger partial charge in [-0.1, -0.05) is 0 Å². The summed E-state index contributed by atoms with van der Waals surface area (Å²) in [4.78, 5) is 11.2. The predicted octanol–water partition coefficient (Wildman–Crippen LogP) is 2.04. The topological polar surface area (TPSA) is 67.2 Å². The first kappa shape index (κ1) is 10.7. The molecule has 0 bridgehead atoms. The molecule has 0 aromatic heterocycles. The number of nitrogen functional groups attached to an aromatic ring is 1. The second-order valence-corrected chi connectivity index (χ2v) is 3.94. The van der Waals surface area contributed by atoms with E-state index in [0.29, 0.717) is 11.6 Å². The van der Waals surface area contributed by atoms with Gasteiger partial charge in [-0.15, -0.1) is 0 Å². The Balaban J connectivity index is 2.33. The summed E-state index contributed by atoms with van der Waals surface area (Å²) in [6.07, 6.45) is 2.07. The Morgan fingerprint density at radius 1 is 1.50 bits per heavy atom. The van der Waals surface area contributed by atoms with Gasteiger partial charge in [0, 0.05) is 12.7 Å². The van der Waals surface area contributed by atoms with Crippen molar-refractivity contribution >= 4 is 17.4 Å². The highest BCUT2D eigenvalue weighted by molar-refractivity contribution is 5.90. The average Bonchev–Trinajstić information content (AvgIpc) is 3.06. The zero-order chi connectivity index (χ0) is 11.7. The van der Waals surface area contributed by atoms with E-state index in [2.05, 4.69) is 10.6 Å². The van der Waals surface area contributed by atoms with Crippen LogP contribution in [-0.2, 0) is 0 Å². The maximum absolute atomic E-state index is 13.3. The van der Waals surface area contributed by atoms with Crippen LogP contribution >= 0.6 is 0 Å². The Morgan fingerprint density at radius 3 is 2.75 bits per heavy atom. The number of nitrogens with one attached hydrogen (secondary N) is 2. The first-order valence-electron chi connectivity index (χ1n) is 5.19. The van der Waals surface area contributed by atoms with Crippen molar-refractivity contribution in [3.05, 3.63) is 23.5 Å². The van der Waals surface area contributed by atoms with Gasteiger partial charge in [-0.25, -0.2) is 9.18 Å². The van der Waals surface area contributed by atoms with Crippen LogP contribution < -0.4 is 16.4 Å². The molecule has 2 rings (SSSR count). The van der Waals surface area contributed by atoms with Crippen molar-refractivity contribution in [2.45, 2.75) is 18.8 Å². The van der Waals surface area contributed by atoms with E-state index >= 15 is 0 Å². The fourth-order valence-corrected chi connectivity index (χ4v) is 1.63. The highest BCUT2D eigenvalue weighted by Crippen LogP contribution is 2.44. The average molecular weight is 223 g/mol. The number of nitrogens with two attached hydrogens (primary N) is 1. The standard InChI is InChI=1S/C11H14FN3O/c1-14-11(16)15-10-5-9(13)8(12)4-7(10)6-2-3-6/h4-6H,2-3,13H2,1H3,(H2,14,15,16). The molecular formula is C11H14FN3O. The normalized spacial score (nSPS) is 14.6. The molecule has 1 aromatic carbocycles. The van der Waals surface area contributed by atoms with Crippen LogP contribution in [0.15, 0.2) is 12.1 Å². The van der Waals surface area contributed by atoms with Crippen LogP contribution in [0.4, 0.5) is 20.6 Å². The van der Waals surface area contributed by atoms with Crippen molar-refractivity contribution in [2.24, 2.45) is 0 Å². The van der Waals surface area contributed by atoms with Crippen LogP contribution in [-0.4, -0.2) is 13.1 Å². The Kier molecular flexibility index (Phi) is 2.68. The molecule has 2 amide bonds. The number of rotatable bonds is 2. The minimum Gasteiger partial charge on any atom is -0.396 e. The molecule has 0 radical (unpaired) electrons. The summed E-state index contributed by atoms with van der Waals surface area (Å²) in [5.41, 5.74) is 6.96. The first-order valence-corrected chi connectivity index (χ1v) is 5.19. The van der Waals surface area contributed by atoms with Gasteiger partial charge in [-0.2, -0.15) is 0 Å². The largest absolute Gasteiger partial charge is 0.396 e. The molecule has 86 valence electrons. The van der Waals surface area contributed by atoms with Crippen molar-refractivity contribution in [3.63, 3.8) is 0 Å². The summed E-state index contributed by atoms with van der Waals surface area (Å²) < 4.78 is 13.3. The predicted molar refractivity (Wildman–Crippen MR) is 60.9 cm³/mol. The third-order valence-corrected chi connectivity index (χ3v) is 2.66. The number of carbonyl (C=O) groups excluding carboxylic acids is 1. The van der Waals surface area contributed by atoms with E-state index in [4.69, 9.17) is 5.73 Å². The maximum Gasteiger partial charge on any atom is 0.318 e. The molecule has 1 fully saturated rings. The van der Waals surface area contributed by atoms with E-state index in [1.807, 2.05) is 0 Å². The SMILES string of the molecule is CNC(=O)Nc1cc(N)c(F)cc1C1CC1. The van der Waals surface area contributed by atoms with E-state index in [1.54, 1.807) is 0 Å². The molecule has 0 spiro atoms. The highest BCUT2D eigenvalue weighted by atomic mass is 19.1. The molecule has 16 heavy (non-hydrogen) atoms. The summed E-state index contributed by atoms with van der Waals surface area (Å²) >= 11 is 0. The van der Waals surface area contributed by atoms with E-state index in [-0.39, 0.29) is 11.7 Å². The van der Waals surface area contributed by atoms with E-state index < -0.39 is 5.82 Å². The number of amides is 2. The molecular weight excluding hydrogens is 209 g/mol. The number of carbonyl (C=O) groups is 1. The Hall–Kier alpha value is -1.78. The fourth-order valence-electron chi connectivity index (χ4n) is 1.63. The number of anilines is 2. The van der Waals surface area contributed by atoms with Gasteiger partial charge in [0.05, 0.1) is 5.69 Å².